The molecule has 2 heterocycles. The van der Waals surface area contributed by atoms with E-state index in [4.69, 9.17) is 0 Å². The van der Waals surface area contributed by atoms with Gasteiger partial charge in [-0.3, -0.25) is 4.98 Å². The van der Waals surface area contributed by atoms with Gasteiger partial charge in [0, 0.05) is 50.2 Å². The Labute approximate surface area is 143 Å². The Kier molecular flexibility index (Phi) is 5.23. The van der Waals surface area contributed by atoms with Crippen LogP contribution in [-0.4, -0.2) is 52.8 Å². The van der Waals surface area contributed by atoms with E-state index in [1.807, 2.05) is 24.1 Å². The molecule has 0 unspecified atom stereocenters. The first-order valence-corrected chi connectivity index (χ1v) is 8.98. The van der Waals surface area contributed by atoms with Crippen LogP contribution in [0.15, 0.2) is 18.5 Å². The molecule has 3 N–H and O–H groups in total. The fourth-order valence-corrected chi connectivity index (χ4v) is 3.91. The molecule has 2 amide bonds. The number of nitrogens with zero attached hydrogens (tertiary/aromatic N) is 2. The minimum atomic E-state index is -0.532. The second kappa shape index (κ2) is 7.38. The lowest BCUT2D eigenvalue weighted by Gasteiger charge is -2.47. The highest BCUT2D eigenvalue weighted by Crippen LogP contribution is 2.39. The molecule has 0 bridgehead atoms. The fraction of sp³-hybridized carbons (Fsp3) is 0.667. The first kappa shape index (κ1) is 17.0. The Balaban J connectivity index is 1.42. The highest BCUT2D eigenvalue weighted by atomic mass is 16.3. The van der Waals surface area contributed by atoms with Gasteiger partial charge in [0.05, 0.1) is 5.60 Å². The number of pyridine rings is 1. The largest absolute Gasteiger partial charge is 0.389 e. The molecular formula is C18H28N4O2. The molecule has 2 fully saturated rings. The van der Waals surface area contributed by atoms with Gasteiger partial charge in [0.1, 0.15) is 0 Å². The highest BCUT2D eigenvalue weighted by molar-refractivity contribution is 5.74. The van der Waals surface area contributed by atoms with E-state index >= 15 is 0 Å². The van der Waals surface area contributed by atoms with Gasteiger partial charge in [-0.05, 0) is 37.8 Å². The van der Waals surface area contributed by atoms with E-state index in [1.54, 1.807) is 6.20 Å². The van der Waals surface area contributed by atoms with Crippen molar-refractivity contribution in [3.63, 3.8) is 0 Å². The zero-order valence-electron chi connectivity index (χ0n) is 14.4. The van der Waals surface area contributed by atoms with Crippen LogP contribution >= 0.6 is 0 Å². The molecule has 1 aromatic rings. The third-order valence-electron chi connectivity index (χ3n) is 5.45. The number of urea groups is 1. The number of piperidine rings is 1. The summed E-state index contributed by atoms with van der Waals surface area (Å²) in [5.74, 6) is 0.239. The summed E-state index contributed by atoms with van der Waals surface area (Å²) < 4.78 is 0. The van der Waals surface area contributed by atoms with Crippen LogP contribution in [0.4, 0.5) is 10.5 Å². The van der Waals surface area contributed by atoms with E-state index in [0.29, 0.717) is 32.6 Å². The molecule has 1 saturated heterocycles. The van der Waals surface area contributed by atoms with Gasteiger partial charge in [-0.15, -0.1) is 0 Å². The van der Waals surface area contributed by atoms with Crippen LogP contribution in [-0.2, 0) is 0 Å². The summed E-state index contributed by atoms with van der Waals surface area (Å²) in [6, 6.07) is 1.92. The minimum absolute atomic E-state index is 0.0177. The summed E-state index contributed by atoms with van der Waals surface area (Å²) in [6.45, 7) is 4.59. The molecule has 1 aliphatic heterocycles. The zero-order valence-corrected chi connectivity index (χ0v) is 14.4. The molecule has 0 spiro atoms. The molecule has 1 aliphatic carbocycles. The number of amides is 2. The number of hydrogen-bond acceptors (Lipinski definition) is 4. The van der Waals surface area contributed by atoms with Crippen LogP contribution in [0.5, 0.6) is 0 Å². The number of carbonyl (C=O) groups excluding carboxylic acids is 1. The van der Waals surface area contributed by atoms with Gasteiger partial charge in [0.25, 0.3) is 0 Å². The van der Waals surface area contributed by atoms with Crippen molar-refractivity contribution in [3.05, 3.63) is 24.0 Å². The topological polar surface area (TPSA) is 77.5 Å². The summed E-state index contributed by atoms with van der Waals surface area (Å²) in [4.78, 5) is 18.3. The summed E-state index contributed by atoms with van der Waals surface area (Å²) in [5, 5.41) is 17.0. The Morgan fingerprint density at radius 1 is 1.42 bits per heavy atom. The van der Waals surface area contributed by atoms with Crippen molar-refractivity contribution < 1.29 is 9.90 Å². The van der Waals surface area contributed by atoms with Crippen molar-refractivity contribution in [2.24, 2.45) is 5.92 Å². The van der Waals surface area contributed by atoms with Crippen molar-refractivity contribution in [2.75, 3.05) is 31.5 Å². The Morgan fingerprint density at radius 2 is 2.29 bits per heavy atom. The average Bonchev–Trinajstić information content (AvgIpc) is 2.59. The first-order chi connectivity index (χ1) is 11.6. The molecule has 0 aromatic carbocycles. The van der Waals surface area contributed by atoms with Crippen molar-refractivity contribution in [1.82, 2.24) is 15.2 Å². The van der Waals surface area contributed by atoms with Crippen molar-refractivity contribution >= 4 is 11.7 Å². The van der Waals surface area contributed by atoms with Gasteiger partial charge in [-0.2, -0.15) is 0 Å². The van der Waals surface area contributed by atoms with Crippen LogP contribution in [0, 0.1) is 12.8 Å². The van der Waals surface area contributed by atoms with Crippen LogP contribution in [0.25, 0.3) is 0 Å². The smallest absolute Gasteiger partial charge is 0.317 e. The molecule has 6 heteroatoms. The monoisotopic (exact) mass is 332 g/mol. The van der Waals surface area contributed by atoms with E-state index in [-0.39, 0.29) is 11.9 Å². The summed E-state index contributed by atoms with van der Waals surface area (Å²) in [6.07, 6.45) is 8.48. The molecule has 1 aromatic heterocycles. The van der Waals surface area contributed by atoms with Gasteiger partial charge in [-0.1, -0.05) is 12.8 Å². The first-order valence-electron chi connectivity index (χ1n) is 8.98. The number of aryl methyl sites for hydroxylation is 1. The lowest BCUT2D eigenvalue weighted by atomic mass is 9.71. The quantitative estimate of drug-likeness (QED) is 0.738. The molecule has 2 atom stereocenters. The van der Waals surface area contributed by atoms with Crippen LogP contribution in [0.1, 0.15) is 37.7 Å². The van der Waals surface area contributed by atoms with Gasteiger partial charge >= 0.3 is 6.03 Å². The SMILES string of the molecule is Cc1cnccc1NCCNC(=O)N1CC[C@@]2(O)CCCC[C@H]2C1. The maximum absolute atomic E-state index is 12.4. The Bertz CT molecular complexity index is 580. The molecule has 132 valence electrons. The molecular weight excluding hydrogens is 304 g/mol. The van der Waals surface area contributed by atoms with Gasteiger partial charge in [-0.25, -0.2) is 4.79 Å². The van der Waals surface area contributed by atoms with Crippen molar-refractivity contribution in [3.8, 4) is 0 Å². The second-order valence-corrected chi connectivity index (χ2v) is 7.09. The fourth-order valence-electron chi connectivity index (χ4n) is 3.91. The molecule has 1 saturated carbocycles. The molecule has 3 rings (SSSR count). The Morgan fingerprint density at radius 3 is 3.12 bits per heavy atom. The Hall–Kier alpha value is -1.82. The van der Waals surface area contributed by atoms with E-state index < -0.39 is 5.60 Å². The average molecular weight is 332 g/mol. The summed E-state index contributed by atoms with van der Waals surface area (Å²) in [7, 11) is 0. The maximum Gasteiger partial charge on any atom is 0.317 e. The number of hydrogen-bond donors (Lipinski definition) is 3. The predicted octanol–water partition coefficient (Wildman–Crippen LogP) is 2.14. The number of anilines is 1. The molecule has 6 nitrogen and oxygen atoms in total. The summed E-state index contributed by atoms with van der Waals surface area (Å²) in [5.41, 5.74) is 1.61. The lowest BCUT2D eigenvalue weighted by Crippen LogP contribution is -2.56. The van der Waals surface area contributed by atoms with Crippen LogP contribution < -0.4 is 10.6 Å². The third-order valence-corrected chi connectivity index (χ3v) is 5.45. The van der Waals surface area contributed by atoms with Gasteiger partial charge in [0.15, 0.2) is 0 Å². The third kappa shape index (κ3) is 3.80. The van der Waals surface area contributed by atoms with Crippen molar-refractivity contribution in [2.45, 2.75) is 44.6 Å². The molecule has 24 heavy (non-hydrogen) atoms. The zero-order chi connectivity index (χ0) is 17.0. The minimum Gasteiger partial charge on any atom is -0.389 e. The second-order valence-electron chi connectivity index (χ2n) is 7.09. The predicted molar refractivity (Wildman–Crippen MR) is 94.0 cm³/mol. The van der Waals surface area contributed by atoms with E-state index in [1.165, 1.54) is 0 Å². The number of aromatic nitrogens is 1. The van der Waals surface area contributed by atoms with E-state index in [2.05, 4.69) is 15.6 Å². The number of nitrogens with one attached hydrogen (secondary N) is 2. The highest BCUT2D eigenvalue weighted by Gasteiger charge is 2.43. The number of likely N-dealkylation sites (tertiary alicyclic amines) is 1. The standard InChI is InChI=1S/C18H28N4O2/c1-14-12-19-8-5-16(14)20-9-10-21-17(23)22-11-7-18(24)6-3-2-4-15(18)13-22/h5,8,12,15,24H,2-4,6-7,9-11,13H2,1H3,(H,19,20)(H,21,23)/t15-,18-/m0/s1. The molecule has 2 aliphatic rings. The summed E-state index contributed by atoms with van der Waals surface area (Å²) >= 11 is 0. The van der Waals surface area contributed by atoms with Gasteiger partial charge < -0.3 is 20.6 Å². The van der Waals surface area contributed by atoms with Gasteiger partial charge in [0.2, 0.25) is 0 Å². The maximum atomic E-state index is 12.4. The van der Waals surface area contributed by atoms with Crippen LogP contribution in [0.2, 0.25) is 0 Å². The number of fused-ring (bicyclic) bond motifs is 1. The van der Waals surface area contributed by atoms with Crippen LogP contribution in [0.3, 0.4) is 0 Å². The number of rotatable bonds is 4. The normalized spacial score (nSPS) is 26.6. The van der Waals surface area contributed by atoms with E-state index in [0.717, 1.165) is 36.9 Å². The van der Waals surface area contributed by atoms with E-state index in [9.17, 15) is 9.90 Å². The lowest BCUT2D eigenvalue weighted by molar-refractivity contribution is -0.0870. The molecule has 0 radical (unpaired) electrons. The number of aliphatic hydroxyl groups is 1. The van der Waals surface area contributed by atoms with Crippen molar-refractivity contribution in [1.29, 1.82) is 0 Å². The number of carbonyl (C=O) groups is 1.